The van der Waals surface area contributed by atoms with Crippen molar-refractivity contribution in [3.63, 3.8) is 0 Å². The molecule has 2 unspecified atom stereocenters. The SMILES string of the molecule is C/C=C/CC/C=C/CC/C=C/C(O)C(CO)NC(=O)CCCCCCC/C=C\CCCC. The van der Waals surface area contributed by atoms with Crippen molar-refractivity contribution in [3.8, 4) is 0 Å². The van der Waals surface area contributed by atoms with E-state index in [1.54, 1.807) is 6.08 Å². The molecule has 4 nitrogen and oxygen atoms in total. The fourth-order valence-electron chi connectivity index (χ4n) is 3.31. The Morgan fingerprint density at radius 1 is 0.781 bits per heavy atom. The molecule has 0 saturated carbocycles. The van der Waals surface area contributed by atoms with Crippen LogP contribution in [0.4, 0.5) is 0 Å². The number of carbonyl (C=O) groups excluding carboxylic acids is 1. The van der Waals surface area contributed by atoms with Gasteiger partial charge in [0.1, 0.15) is 0 Å². The van der Waals surface area contributed by atoms with Gasteiger partial charge in [0.05, 0.1) is 18.8 Å². The molecule has 0 aliphatic rings. The van der Waals surface area contributed by atoms with Gasteiger partial charge in [-0.25, -0.2) is 0 Å². The highest BCUT2D eigenvalue weighted by molar-refractivity contribution is 5.76. The second-order valence-electron chi connectivity index (χ2n) is 8.39. The molecule has 0 bridgehead atoms. The van der Waals surface area contributed by atoms with E-state index in [0.29, 0.717) is 6.42 Å². The molecule has 3 N–H and O–H groups in total. The summed E-state index contributed by atoms with van der Waals surface area (Å²) in [6.07, 6.45) is 30.5. The van der Waals surface area contributed by atoms with E-state index in [1.807, 2.05) is 13.0 Å². The quantitative estimate of drug-likeness (QED) is 0.138. The van der Waals surface area contributed by atoms with Gasteiger partial charge in [-0.2, -0.15) is 0 Å². The van der Waals surface area contributed by atoms with Gasteiger partial charge >= 0.3 is 0 Å². The molecule has 4 heteroatoms. The molecule has 0 aromatic heterocycles. The van der Waals surface area contributed by atoms with Gasteiger partial charge in [-0.1, -0.05) is 87.6 Å². The lowest BCUT2D eigenvalue weighted by atomic mass is 10.1. The summed E-state index contributed by atoms with van der Waals surface area (Å²) in [5.74, 6) is -0.0978. The van der Waals surface area contributed by atoms with Gasteiger partial charge in [-0.3, -0.25) is 4.79 Å². The number of nitrogens with one attached hydrogen (secondary N) is 1. The van der Waals surface area contributed by atoms with Crippen LogP contribution in [0.5, 0.6) is 0 Å². The van der Waals surface area contributed by atoms with Gasteiger partial charge in [0.15, 0.2) is 0 Å². The number of aliphatic hydroxyl groups is 2. The molecule has 0 aromatic carbocycles. The van der Waals surface area contributed by atoms with E-state index in [0.717, 1.165) is 51.4 Å². The molecule has 2 atom stereocenters. The monoisotopic (exact) mass is 447 g/mol. The summed E-state index contributed by atoms with van der Waals surface area (Å²) in [5, 5.41) is 22.5. The number of hydrogen-bond acceptors (Lipinski definition) is 3. The van der Waals surface area contributed by atoms with Crippen molar-refractivity contribution in [1.29, 1.82) is 0 Å². The van der Waals surface area contributed by atoms with Crippen molar-refractivity contribution in [2.45, 2.75) is 116 Å². The zero-order chi connectivity index (χ0) is 23.7. The molecule has 1 amide bonds. The number of hydrogen-bond donors (Lipinski definition) is 3. The minimum absolute atomic E-state index is 0.0978. The Morgan fingerprint density at radius 2 is 1.34 bits per heavy atom. The predicted molar refractivity (Wildman–Crippen MR) is 138 cm³/mol. The maximum atomic E-state index is 12.1. The van der Waals surface area contributed by atoms with Crippen molar-refractivity contribution in [3.05, 3.63) is 48.6 Å². The Kier molecular flexibility index (Phi) is 22.8. The topological polar surface area (TPSA) is 69.6 Å². The third-order valence-electron chi connectivity index (χ3n) is 5.36. The van der Waals surface area contributed by atoms with Gasteiger partial charge in [-0.15, -0.1) is 0 Å². The molecule has 0 rings (SSSR count). The molecule has 32 heavy (non-hydrogen) atoms. The number of rotatable bonds is 21. The van der Waals surface area contributed by atoms with Crippen molar-refractivity contribution >= 4 is 5.91 Å². The van der Waals surface area contributed by atoms with Crippen LogP contribution in [-0.2, 0) is 4.79 Å². The summed E-state index contributed by atoms with van der Waals surface area (Å²) in [4.78, 5) is 12.1. The van der Waals surface area contributed by atoms with Gasteiger partial charge in [0, 0.05) is 6.42 Å². The van der Waals surface area contributed by atoms with Crippen LogP contribution in [0.15, 0.2) is 48.6 Å². The second kappa shape index (κ2) is 24.0. The first kappa shape index (κ1) is 30.4. The minimum Gasteiger partial charge on any atom is -0.394 e. The maximum absolute atomic E-state index is 12.1. The maximum Gasteiger partial charge on any atom is 0.220 e. The van der Waals surface area contributed by atoms with Crippen LogP contribution in [-0.4, -0.2) is 34.9 Å². The molecule has 0 radical (unpaired) electrons. The summed E-state index contributed by atoms with van der Waals surface area (Å²) >= 11 is 0. The van der Waals surface area contributed by atoms with Crippen molar-refractivity contribution in [1.82, 2.24) is 5.32 Å². The van der Waals surface area contributed by atoms with E-state index in [1.165, 1.54) is 32.1 Å². The van der Waals surface area contributed by atoms with Crippen LogP contribution < -0.4 is 5.32 Å². The number of amides is 1. The third kappa shape index (κ3) is 20.3. The number of carbonyl (C=O) groups is 1. The summed E-state index contributed by atoms with van der Waals surface area (Å²) in [6.45, 7) is 3.97. The summed E-state index contributed by atoms with van der Waals surface area (Å²) in [6, 6.07) is -0.644. The van der Waals surface area contributed by atoms with Gasteiger partial charge in [0.2, 0.25) is 5.91 Å². The van der Waals surface area contributed by atoms with E-state index >= 15 is 0 Å². The van der Waals surface area contributed by atoms with E-state index < -0.39 is 12.1 Å². The lowest BCUT2D eigenvalue weighted by Crippen LogP contribution is -2.45. The van der Waals surface area contributed by atoms with Crippen LogP contribution >= 0.6 is 0 Å². The van der Waals surface area contributed by atoms with E-state index in [2.05, 4.69) is 48.7 Å². The summed E-state index contributed by atoms with van der Waals surface area (Å²) in [5.41, 5.74) is 0. The zero-order valence-electron chi connectivity index (χ0n) is 20.7. The molecule has 0 fully saturated rings. The predicted octanol–water partition coefficient (Wildman–Crippen LogP) is 6.55. The molecule has 0 heterocycles. The molecule has 0 aliphatic carbocycles. The first-order chi connectivity index (χ1) is 15.7. The van der Waals surface area contributed by atoms with Gasteiger partial charge < -0.3 is 15.5 Å². The van der Waals surface area contributed by atoms with E-state index in [-0.39, 0.29) is 12.5 Å². The average Bonchev–Trinajstić information content (AvgIpc) is 2.79. The average molecular weight is 448 g/mol. The van der Waals surface area contributed by atoms with E-state index in [4.69, 9.17) is 0 Å². The van der Waals surface area contributed by atoms with Crippen molar-refractivity contribution in [2.75, 3.05) is 6.61 Å². The highest BCUT2D eigenvalue weighted by Crippen LogP contribution is 2.09. The third-order valence-corrected chi connectivity index (χ3v) is 5.36. The van der Waals surface area contributed by atoms with Crippen molar-refractivity contribution in [2.24, 2.45) is 0 Å². The second-order valence-corrected chi connectivity index (χ2v) is 8.39. The van der Waals surface area contributed by atoms with Crippen molar-refractivity contribution < 1.29 is 15.0 Å². The number of allylic oxidation sites excluding steroid dienone is 7. The zero-order valence-corrected chi connectivity index (χ0v) is 20.7. The Morgan fingerprint density at radius 3 is 2.00 bits per heavy atom. The highest BCUT2D eigenvalue weighted by atomic mass is 16.3. The standard InChI is InChI=1S/C28H49NO3/c1-3-5-7-9-11-13-14-16-18-20-22-24-28(32)29-26(25-30)27(31)23-21-19-17-15-12-10-8-6-4-2/h4,6,9,11-12,15,21,23,26-27,30-31H,3,5,7-8,10,13-14,16-20,22,24-25H2,1-2H3,(H,29,32)/b6-4+,11-9-,15-12+,23-21+. The first-order valence-electron chi connectivity index (χ1n) is 12.8. The highest BCUT2D eigenvalue weighted by Gasteiger charge is 2.17. The van der Waals surface area contributed by atoms with Crippen LogP contribution in [0.3, 0.4) is 0 Å². The molecular weight excluding hydrogens is 398 g/mol. The fourth-order valence-corrected chi connectivity index (χ4v) is 3.31. The van der Waals surface area contributed by atoms with Crippen LogP contribution in [0.25, 0.3) is 0 Å². The molecular formula is C28H49NO3. The smallest absolute Gasteiger partial charge is 0.220 e. The largest absolute Gasteiger partial charge is 0.394 e. The van der Waals surface area contributed by atoms with Gasteiger partial charge in [-0.05, 0) is 58.3 Å². The number of aliphatic hydroxyl groups excluding tert-OH is 2. The Bertz CT molecular complexity index is 537. The normalized spacial score (nSPS) is 14.2. The molecule has 0 aromatic rings. The van der Waals surface area contributed by atoms with Crippen LogP contribution in [0, 0.1) is 0 Å². The lowest BCUT2D eigenvalue weighted by Gasteiger charge is -2.19. The van der Waals surface area contributed by atoms with E-state index in [9.17, 15) is 15.0 Å². The molecule has 184 valence electrons. The van der Waals surface area contributed by atoms with Gasteiger partial charge in [0.25, 0.3) is 0 Å². The fraction of sp³-hybridized carbons (Fsp3) is 0.679. The van der Waals surface area contributed by atoms with Crippen LogP contribution in [0.1, 0.15) is 104 Å². The summed E-state index contributed by atoms with van der Waals surface area (Å²) in [7, 11) is 0. The minimum atomic E-state index is -0.868. The summed E-state index contributed by atoms with van der Waals surface area (Å²) < 4.78 is 0. The first-order valence-corrected chi connectivity index (χ1v) is 12.8. The number of unbranched alkanes of at least 4 members (excludes halogenated alkanes) is 9. The van der Waals surface area contributed by atoms with Crippen LogP contribution in [0.2, 0.25) is 0 Å². The molecule has 0 aliphatic heterocycles. The Balaban J connectivity index is 3.84. The molecule has 0 saturated heterocycles. The Labute approximate surface area is 197 Å². The Hall–Kier alpha value is -1.65. The lowest BCUT2D eigenvalue weighted by molar-refractivity contribution is -0.123. The molecule has 0 spiro atoms.